The number of fused-ring (bicyclic) bond motifs is 1. The van der Waals surface area contributed by atoms with Crippen molar-refractivity contribution in [1.82, 2.24) is 24.2 Å². The molecule has 1 fully saturated rings. The molecule has 4 atom stereocenters. The van der Waals surface area contributed by atoms with Gasteiger partial charge >= 0.3 is 10.3 Å². The lowest BCUT2D eigenvalue weighted by molar-refractivity contribution is -0.0468. The van der Waals surface area contributed by atoms with Crippen molar-refractivity contribution in [2.75, 3.05) is 12.3 Å². The van der Waals surface area contributed by atoms with Crippen LogP contribution in [0.15, 0.2) is 36.9 Å². The number of ether oxygens (including phenoxy) is 1. The Morgan fingerprint density at radius 3 is 2.72 bits per heavy atom. The van der Waals surface area contributed by atoms with Crippen LogP contribution in [0.4, 0.5) is 5.82 Å². The molecule has 0 spiro atoms. The predicted octanol–water partition coefficient (Wildman–Crippen LogP) is -1.58. The van der Waals surface area contributed by atoms with Crippen LogP contribution >= 0.6 is 0 Å². The van der Waals surface area contributed by atoms with Gasteiger partial charge in [-0.2, -0.15) is 8.42 Å². The predicted molar refractivity (Wildman–Crippen MR) is 106 cm³/mol. The molecule has 1 aliphatic rings. The van der Waals surface area contributed by atoms with E-state index in [1.54, 1.807) is 4.72 Å². The molecule has 0 saturated carbocycles. The number of amides is 1. The molecular weight excluding hydrogens is 448 g/mol. The van der Waals surface area contributed by atoms with E-state index in [0.717, 1.165) is 0 Å². The second-order valence-corrected chi connectivity index (χ2v) is 8.16. The van der Waals surface area contributed by atoms with Gasteiger partial charge in [-0.1, -0.05) is 12.1 Å². The fraction of sp³-hybridized carbons (Fsp3) is 0.294. The third-order valence-corrected chi connectivity index (χ3v) is 5.63. The number of rotatable bonds is 6. The van der Waals surface area contributed by atoms with Gasteiger partial charge in [-0.3, -0.25) is 13.5 Å². The number of anilines is 1. The number of aliphatic hydroxyl groups is 2. The van der Waals surface area contributed by atoms with Crippen molar-refractivity contribution in [3.05, 3.63) is 42.5 Å². The fourth-order valence-electron chi connectivity index (χ4n) is 3.17. The molecule has 1 amide bonds. The Morgan fingerprint density at radius 2 is 1.97 bits per heavy atom. The first kappa shape index (κ1) is 21.8. The van der Waals surface area contributed by atoms with Crippen molar-refractivity contribution in [3.8, 4) is 5.75 Å². The first-order valence-corrected chi connectivity index (χ1v) is 10.5. The van der Waals surface area contributed by atoms with E-state index in [1.165, 1.54) is 41.5 Å². The number of para-hydroxylation sites is 1. The Hall–Kier alpha value is -3.37. The number of benzene rings is 1. The van der Waals surface area contributed by atoms with E-state index in [4.69, 9.17) is 14.7 Å². The summed E-state index contributed by atoms with van der Waals surface area (Å²) in [7, 11) is -4.63. The van der Waals surface area contributed by atoms with Gasteiger partial charge < -0.3 is 25.8 Å². The van der Waals surface area contributed by atoms with Crippen LogP contribution in [0.1, 0.15) is 16.6 Å². The molecule has 14 nitrogen and oxygen atoms in total. The second-order valence-electron chi connectivity index (χ2n) is 6.82. The molecule has 4 rings (SSSR count). The molecular formula is C17H18N6O8S. The Morgan fingerprint density at radius 1 is 1.22 bits per heavy atom. The van der Waals surface area contributed by atoms with Gasteiger partial charge in [0.1, 0.15) is 35.9 Å². The van der Waals surface area contributed by atoms with Crippen LogP contribution in [-0.4, -0.2) is 74.1 Å². The zero-order chi connectivity index (χ0) is 23.0. The van der Waals surface area contributed by atoms with E-state index in [9.17, 15) is 28.5 Å². The number of hydrogen-bond acceptors (Lipinski definition) is 12. The van der Waals surface area contributed by atoms with Gasteiger partial charge in [-0.05, 0) is 12.1 Å². The molecule has 1 aliphatic heterocycles. The summed E-state index contributed by atoms with van der Waals surface area (Å²) in [6, 6.07) is 5.33. The summed E-state index contributed by atoms with van der Waals surface area (Å²) in [5, 5.41) is 30.3. The number of nitrogens with one attached hydrogen (secondary N) is 1. The Kier molecular flexibility index (Phi) is 5.66. The largest absolute Gasteiger partial charge is 0.507 e. The van der Waals surface area contributed by atoms with Crippen molar-refractivity contribution in [3.63, 3.8) is 0 Å². The van der Waals surface area contributed by atoms with E-state index >= 15 is 0 Å². The SMILES string of the molecule is Nc1ncnc2c1ncn2[C@@H]1O[C@H](COS(=O)(=O)NC(=O)c2ccccc2O)C(O)C1O. The molecule has 1 aromatic carbocycles. The summed E-state index contributed by atoms with van der Waals surface area (Å²) >= 11 is 0. The van der Waals surface area contributed by atoms with Gasteiger partial charge in [0, 0.05) is 0 Å². The number of aromatic hydroxyl groups is 1. The number of hydrogen-bond donors (Lipinski definition) is 5. The molecule has 6 N–H and O–H groups in total. The van der Waals surface area contributed by atoms with Crippen molar-refractivity contribution < 1.29 is 37.5 Å². The number of carbonyl (C=O) groups is 1. The normalized spacial score (nSPS) is 23.4. The van der Waals surface area contributed by atoms with Crippen LogP contribution in [0, 0.1) is 0 Å². The Labute approximate surface area is 180 Å². The van der Waals surface area contributed by atoms with Gasteiger partial charge in [0.2, 0.25) is 0 Å². The van der Waals surface area contributed by atoms with Crippen molar-refractivity contribution in [2.24, 2.45) is 0 Å². The third kappa shape index (κ3) is 4.06. The first-order valence-electron chi connectivity index (χ1n) is 9.12. The summed E-state index contributed by atoms with van der Waals surface area (Å²) < 4.78 is 37.5. The Balaban J connectivity index is 1.44. The fourth-order valence-corrected chi connectivity index (χ4v) is 3.88. The minimum Gasteiger partial charge on any atom is -0.507 e. The number of carbonyl (C=O) groups excluding carboxylic acids is 1. The lowest BCUT2D eigenvalue weighted by Crippen LogP contribution is -2.37. The molecule has 32 heavy (non-hydrogen) atoms. The molecule has 3 aromatic rings. The molecule has 15 heteroatoms. The van der Waals surface area contributed by atoms with Gasteiger partial charge in [-0.15, -0.1) is 0 Å². The smallest absolute Gasteiger partial charge is 0.362 e. The van der Waals surface area contributed by atoms with E-state index in [2.05, 4.69) is 15.0 Å². The standard InChI is InChI=1S/C17H18N6O8S/c18-14-11-15(20-6-19-14)23(7-21-11)17-13(26)12(25)10(31-17)5-30-32(28,29)22-16(27)8-3-1-2-4-9(8)24/h1-4,6-7,10,12-13,17,24-26H,5H2,(H,22,27)(H2,18,19,20)/t10-,12?,13?,17-/m1/s1. The molecule has 3 heterocycles. The van der Waals surface area contributed by atoms with Gasteiger partial charge in [0.25, 0.3) is 5.91 Å². The highest BCUT2D eigenvalue weighted by Gasteiger charge is 2.45. The van der Waals surface area contributed by atoms with Gasteiger partial charge in [-0.25, -0.2) is 19.7 Å². The van der Waals surface area contributed by atoms with Crippen LogP contribution in [0.5, 0.6) is 5.75 Å². The highest BCUT2D eigenvalue weighted by Crippen LogP contribution is 2.32. The molecule has 0 bridgehead atoms. The van der Waals surface area contributed by atoms with Crippen LogP contribution in [0.3, 0.4) is 0 Å². The van der Waals surface area contributed by atoms with Crippen LogP contribution in [-0.2, 0) is 19.2 Å². The maximum Gasteiger partial charge on any atom is 0.362 e. The zero-order valence-electron chi connectivity index (χ0n) is 16.1. The van der Waals surface area contributed by atoms with Gasteiger partial charge in [0.05, 0.1) is 18.5 Å². The zero-order valence-corrected chi connectivity index (χ0v) is 17.0. The summed E-state index contributed by atoms with van der Waals surface area (Å²) in [6.45, 7) is -0.720. The number of nitrogen functional groups attached to an aromatic ring is 1. The quantitative estimate of drug-likeness (QED) is 0.279. The summed E-state index contributed by atoms with van der Waals surface area (Å²) in [5.41, 5.74) is 5.94. The first-order chi connectivity index (χ1) is 15.2. The van der Waals surface area contributed by atoms with E-state index in [0.29, 0.717) is 0 Å². The van der Waals surface area contributed by atoms with E-state index in [-0.39, 0.29) is 22.5 Å². The van der Waals surface area contributed by atoms with E-state index < -0.39 is 53.1 Å². The molecule has 0 radical (unpaired) electrons. The average Bonchev–Trinajstić information content (AvgIpc) is 3.29. The number of nitrogens with zero attached hydrogens (tertiary/aromatic N) is 4. The maximum absolute atomic E-state index is 12.1. The molecule has 1 saturated heterocycles. The van der Waals surface area contributed by atoms with Crippen molar-refractivity contribution >= 4 is 33.2 Å². The maximum atomic E-state index is 12.1. The van der Waals surface area contributed by atoms with Crippen LogP contribution in [0.2, 0.25) is 0 Å². The minimum atomic E-state index is -4.63. The number of phenolic OH excluding ortho intramolecular Hbond substituents is 1. The van der Waals surface area contributed by atoms with E-state index in [1.807, 2.05) is 0 Å². The summed E-state index contributed by atoms with van der Waals surface area (Å²) in [5.74, 6) is -1.43. The second kappa shape index (κ2) is 8.29. The van der Waals surface area contributed by atoms with Crippen molar-refractivity contribution in [2.45, 2.75) is 24.5 Å². The average molecular weight is 466 g/mol. The third-order valence-electron chi connectivity index (χ3n) is 4.75. The van der Waals surface area contributed by atoms with Crippen molar-refractivity contribution in [1.29, 1.82) is 0 Å². The molecule has 170 valence electrons. The minimum absolute atomic E-state index is 0.105. The molecule has 0 aliphatic carbocycles. The Bertz CT molecular complexity index is 1260. The number of phenols is 1. The molecule has 2 unspecified atom stereocenters. The highest BCUT2D eigenvalue weighted by atomic mass is 32.2. The lowest BCUT2D eigenvalue weighted by atomic mass is 10.1. The van der Waals surface area contributed by atoms with Crippen LogP contribution < -0.4 is 10.5 Å². The van der Waals surface area contributed by atoms with Crippen LogP contribution in [0.25, 0.3) is 11.2 Å². The topological polar surface area (TPSA) is 212 Å². The number of aliphatic hydroxyl groups excluding tert-OH is 2. The number of aromatic nitrogens is 4. The number of imidazole rings is 1. The highest BCUT2D eigenvalue weighted by molar-refractivity contribution is 7.85. The summed E-state index contributed by atoms with van der Waals surface area (Å²) in [4.78, 5) is 23.9. The molecule has 2 aromatic heterocycles. The lowest BCUT2D eigenvalue weighted by Gasteiger charge is -2.16. The summed E-state index contributed by atoms with van der Waals surface area (Å²) in [6.07, 6.45) is -2.98. The number of nitrogens with two attached hydrogens (primary N) is 1. The monoisotopic (exact) mass is 466 g/mol. The van der Waals surface area contributed by atoms with Gasteiger partial charge in [0.15, 0.2) is 17.7 Å².